The fraction of sp³-hybridized carbons (Fsp3) is 0.278. The summed E-state index contributed by atoms with van der Waals surface area (Å²) >= 11 is 0. The van der Waals surface area contributed by atoms with Crippen LogP contribution in [-0.2, 0) is 4.79 Å². The molecular weight excluding hydrogens is 295 g/mol. The Labute approximate surface area is 135 Å². The summed E-state index contributed by atoms with van der Waals surface area (Å²) in [6.07, 6.45) is 0. The third-order valence-corrected chi connectivity index (χ3v) is 3.57. The molecule has 5 heteroatoms. The highest BCUT2D eigenvalue weighted by atomic mass is 19.1. The molecule has 0 aromatic heterocycles. The van der Waals surface area contributed by atoms with E-state index in [0.717, 1.165) is 5.56 Å². The average molecular weight is 316 g/mol. The topological polar surface area (TPSA) is 50.4 Å². The minimum atomic E-state index is -0.284. The lowest BCUT2D eigenvalue weighted by Crippen LogP contribution is -2.30. The van der Waals surface area contributed by atoms with Gasteiger partial charge in [0.1, 0.15) is 11.6 Å². The van der Waals surface area contributed by atoms with Crippen LogP contribution < -0.4 is 15.4 Å². The zero-order chi connectivity index (χ0) is 16.8. The predicted molar refractivity (Wildman–Crippen MR) is 89.2 cm³/mol. The number of carbonyl (C=O) groups excluding carboxylic acids is 1. The van der Waals surface area contributed by atoms with Crippen LogP contribution in [0, 0.1) is 12.7 Å². The van der Waals surface area contributed by atoms with Crippen molar-refractivity contribution in [3.8, 4) is 5.75 Å². The molecule has 23 heavy (non-hydrogen) atoms. The van der Waals surface area contributed by atoms with Gasteiger partial charge in [-0.1, -0.05) is 24.3 Å². The van der Waals surface area contributed by atoms with Gasteiger partial charge in [0, 0.05) is 11.6 Å². The second-order valence-electron chi connectivity index (χ2n) is 5.38. The summed E-state index contributed by atoms with van der Waals surface area (Å²) < 4.78 is 18.9. The van der Waals surface area contributed by atoms with Crippen molar-refractivity contribution < 1.29 is 13.9 Å². The van der Waals surface area contributed by atoms with Crippen LogP contribution in [0.25, 0.3) is 0 Å². The van der Waals surface area contributed by atoms with E-state index in [0.29, 0.717) is 17.0 Å². The number of rotatable bonds is 6. The normalized spacial score (nSPS) is 11.8. The van der Waals surface area contributed by atoms with Crippen molar-refractivity contribution in [3.63, 3.8) is 0 Å². The molecule has 2 N–H and O–H groups in total. The Hall–Kier alpha value is -2.40. The number of hydrogen-bond donors (Lipinski definition) is 2. The van der Waals surface area contributed by atoms with Gasteiger partial charge in [-0.3, -0.25) is 4.79 Å². The third kappa shape index (κ3) is 4.53. The van der Waals surface area contributed by atoms with Gasteiger partial charge in [-0.15, -0.1) is 0 Å². The van der Waals surface area contributed by atoms with Gasteiger partial charge in [-0.2, -0.15) is 0 Å². The summed E-state index contributed by atoms with van der Waals surface area (Å²) in [6, 6.07) is 11.8. The van der Waals surface area contributed by atoms with Crippen LogP contribution in [0.4, 0.5) is 10.1 Å². The highest BCUT2D eigenvalue weighted by Crippen LogP contribution is 2.25. The Kier molecular flexibility index (Phi) is 5.71. The number of anilines is 1. The van der Waals surface area contributed by atoms with Gasteiger partial charge in [0.2, 0.25) is 5.91 Å². The number of benzene rings is 2. The van der Waals surface area contributed by atoms with Crippen molar-refractivity contribution in [1.82, 2.24) is 5.32 Å². The van der Waals surface area contributed by atoms with Crippen molar-refractivity contribution in [1.29, 1.82) is 0 Å². The van der Waals surface area contributed by atoms with Gasteiger partial charge in [0.25, 0.3) is 0 Å². The van der Waals surface area contributed by atoms with Gasteiger partial charge < -0.3 is 15.4 Å². The van der Waals surface area contributed by atoms with Crippen LogP contribution >= 0.6 is 0 Å². The maximum Gasteiger partial charge on any atom is 0.238 e. The highest BCUT2D eigenvalue weighted by Gasteiger charge is 2.12. The van der Waals surface area contributed by atoms with Crippen LogP contribution in [0.2, 0.25) is 0 Å². The molecule has 0 aliphatic carbocycles. The van der Waals surface area contributed by atoms with Gasteiger partial charge >= 0.3 is 0 Å². The summed E-state index contributed by atoms with van der Waals surface area (Å²) in [5.41, 5.74) is 2.18. The zero-order valence-corrected chi connectivity index (χ0v) is 13.5. The fourth-order valence-corrected chi connectivity index (χ4v) is 2.30. The average Bonchev–Trinajstić information content (AvgIpc) is 2.53. The maximum absolute atomic E-state index is 13.7. The summed E-state index contributed by atoms with van der Waals surface area (Å²) in [6.45, 7) is 3.83. The molecule has 0 aliphatic rings. The van der Waals surface area contributed by atoms with Gasteiger partial charge in [-0.25, -0.2) is 4.39 Å². The lowest BCUT2D eigenvalue weighted by Gasteiger charge is -2.16. The predicted octanol–water partition coefficient (Wildman–Crippen LogP) is 3.43. The smallest absolute Gasteiger partial charge is 0.238 e. The van der Waals surface area contributed by atoms with E-state index in [1.54, 1.807) is 31.4 Å². The number of nitrogens with one attached hydrogen (secondary N) is 2. The number of carbonyl (C=O) groups is 1. The molecule has 1 atom stereocenters. The first-order valence-electron chi connectivity index (χ1n) is 7.43. The molecule has 0 fully saturated rings. The molecule has 1 unspecified atom stereocenters. The second kappa shape index (κ2) is 7.74. The number of methoxy groups -OCH3 is 1. The monoisotopic (exact) mass is 316 g/mol. The fourth-order valence-electron chi connectivity index (χ4n) is 2.30. The van der Waals surface area contributed by atoms with E-state index in [2.05, 4.69) is 10.6 Å². The Bertz CT molecular complexity index is 688. The molecule has 0 saturated carbocycles. The van der Waals surface area contributed by atoms with E-state index in [1.165, 1.54) is 6.07 Å². The SMILES string of the molecule is COc1ccc(C)cc1NC(=O)CNC(C)c1ccccc1F. The van der Waals surface area contributed by atoms with Crippen molar-refractivity contribution in [3.05, 3.63) is 59.4 Å². The molecule has 0 bridgehead atoms. The molecule has 0 radical (unpaired) electrons. The van der Waals surface area contributed by atoms with Crippen LogP contribution in [-0.4, -0.2) is 19.6 Å². The molecular formula is C18H21FN2O2. The quantitative estimate of drug-likeness (QED) is 0.858. The molecule has 122 valence electrons. The first-order valence-corrected chi connectivity index (χ1v) is 7.43. The van der Waals surface area contributed by atoms with Crippen LogP contribution in [0.1, 0.15) is 24.1 Å². The Balaban J connectivity index is 1.95. The lowest BCUT2D eigenvalue weighted by atomic mass is 10.1. The van der Waals surface area contributed by atoms with E-state index in [-0.39, 0.29) is 24.3 Å². The summed E-state index contributed by atoms with van der Waals surface area (Å²) in [7, 11) is 1.55. The van der Waals surface area contributed by atoms with E-state index < -0.39 is 0 Å². The molecule has 2 rings (SSSR count). The van der Waals surface area contributed by atoms with Gasteiger partial charge in [-0.05, 0) is 37.6 Å². The largest absolute Gasteiger partial charge is 0.495 e. The van der Waals surface area contributed by atoms with Crippen LogP contribution in [0.5, 0.6) is 5.75 Å². The zero-order valence-electron chi connectivity index (χ0n) is 13.5. The Morgan fingerprint density at radius 1 is 1.26 bits per heavy atom. The minimum Gasteiger partial charge on any atom is -0.495 e. The van der Waals surface area contributed by atoms with Crippen molar-refractivity contribution >= 4 is 11.6 Å². The number of amides is 1. The number of ether oxygens (including phenoxy) is 1. The van der Waals surface area contributed by atoms with E-state index in [1.807, 2.05) is 26.0 Å². The molecule has 0 spiro atoms. The van der Waals surface area contributed by atoms with E-state index >= 15 is 0 Å². The van der Waals surface area contributed by atoms with Crippen molar-refractivity contribution in [2.45, 2.75) is 19.9 Å². The molecule has 4 nitrogen and oxygen atoms in total. The van der Waals surface area contributed by atoms with E-state index in [4.69, 9.17) is 4.74 Å². The Morgan fingerprint density at radius 2 is 2.00 bits per heavy atom. The highest BCUT2D eigenvalue weighted by molar-refractivity contribution is 5.93. The lowest BCUT2D eigenvalue weighted by molar-refractivity contribution is -0.115. The minimum absolute atomic E-state index is 0.0760. The maximum atomic E-state index is 13.7. The van der Waals surface area contributed by atoms with Crippen molar-refractivity contribution in [2.75, 3.05) is 19.0 Å². The van der Waals surface area contributed by atoms with Gasteiger partial charge in [0.15, 0.2) is 0 Å². The number of halogens is 1. The van der Waals surface area contributed by atoms with Crippen LogP contribution in [0.3, 0.4) is 0 Å². The number of hydrogen-bond acceptors (Lipinski definition) is 3. The number of aryl methyl sites for hydroxylation is 1. The molecule has 0 heterocycles. The molecule has 1 amide bonds. The summed E-state index contributed by atoms with van der Waals surface area (Å²) in [5.74, 6) is 0.108. The first-order chi connectivity index (χ1) is 11.0. The summed E-state index contributed by atoms with van der Waals surface area (Å²) in [4.78, 5) is 12.1. The van der Waals surface area contributed by atoms with Crippen molar-refractivity contribution in [2.24, 2.45) is 0 Å². The molecule has 2 aromatic carbocycles. The molecule has 0 saturated heterocycles. The molecule has 0 aliphatic heterocycles. The first kappa shape index (κ1) is 17.0. The standard InChI is InChI=1S/C18H21FN2O2/c1-12-8-9-17(23-3)16(10-12)21-18(22)11-20-13(2)14-6-4-5-7-15(14)19/h4-10,13,20H,11H2,1-3H3,(H,21,22). The van der Waals surface area contributed by atoms with Crippen LogP contribution in [0.15, 0.2) is 42.5 Å². The summed E-state index contributed by atoms with van der Waals surface area (Å²) in [5, 5.41) is 5.82. The van der Waals surface area contributed by atoms with E-state index in [9.17, 15) is 9.18 Å². The third-order valence-electron chi connectivity index (χ3n) is 3.57. The Morgan fingerprint density at radius 3 is 2.70 bits per heavy atom. The second-order valence-corrected chi connectivity index (χ2v) is 5.38. The molecule has 2 aromatic rings. The van der Waals surface area contributed by atoms with Gasteiger partial charge in [0.05, 0.1) is 19.3 Å².